The van der Waals surface area contributed by atoms with Crippen molar-refractivity contribution in [1.29, 1.82) is 0 Å². The van der Waals surface area contributed by atoms with Crippen LogP contribution in [0.1, 0.15) is 41.2 Å². The molecule has 1 aromatic carbocycles. The Kier molecular flexibility index (Phi) is 6.77. The molecule has 0 atom stereocenters. The maximum Gasteiger partial charge on any atom is 0.259 e. The Balaban J connectivity index is 1.06. The molecule has 0 radical (unpaired) electrons. The number of anilines is 1. The van der Waals surface area contributed by atoms with Crippen molar-refractivity contribution in [2.75, 3.05) is 38.2 Å². The largest absolute Gasteiger partial charge is 0.379 e. The zero-order chi connectivity index (χ0) is 27.8. The Hall–Kier alpha value is -4.42. The van der Waals surface area contributed by atoms with Crippen molar-refractivity contribution in [2.24, 2.45) is 0 Å². The molecule has 2 aliphatic rings. The second-order valence-electron chi connectivity index (χ2n) is 10.8. The van der Waals surface area contributed by atoms with E-state index in [0.29, 0.717) is 23.1 Å². The number of nitrogens with zero attached hydrogens (tertiary/aromatic N) is 9. The van der Waals surface area contributed by atoms with Crippen LogP contribution in [0.3, 0.4) is 0 Å². The number of ether oxygens (including phenoxy) is 1. The van der Waals surface area contributed by atoms with Gasteiger partial charge in [0.1, 0.15) is 0 Å². The molecule has 0 spiro atoms. The molecule has 0 unspecified atom stereocenters. The lowest BCUT2D eigenvalue weighted by atomic mass is 10.1. The van der Waals surface area contributed by atoms with Gasteiger partial charge in [0.05, 0.1) is 42.7 Å². The van der Waals surface area contributed by atoms with E-state index in [9.17, 15) is 4.79 Å². The third-order valence-electron chi connectivity index (χ3n) is 7.74. The van der Waals surface area contributed by atoms with Gasteiger partial charge in [0.2, 0.25) is 5.82 Å². The van der Waals surface area contributed by atoms with Crippen molar-refractivity contribution in [3.8, 4) is 22.5 Å². The number of aryl methyl sites for hydroxylation is 2. The molecule has 7 rings (SSSR count). The number of fused-ring (bicyclic) bond motifs is 1. The number of benzene rings is 1. The first kappa shape index (κ1) is 25.5. The minimum atomic E-state index is -0.231. The molecule has 2 fully saturated rings. The smallest absolute Gasteiger partial charge is 0.259 e. The summed E-state index contributed by atoms with van der Waals surface area (Å²) in [4.78, 5) is 17.6. The lowest BCUT2D eigenvalue weighted by molar-refractivity contribution is 0.0368. The third kappa shape index (κ3) is 5.48. The Morgan fingerprint density at radius 1 is 1.02 bits per heavy atom. The zero-order valence-corrected chi connectivity index (χ0v) is 23.0. The highest BCUT2D eigenvalue weighted by Crippen LogP contribution is 2.33. The molecule has 210 valence electrons. The van der Waals surface area contributed by atoms with E-state index in [-0.39, 0.29) is 5.91 Å². The van der Waals surface area contributed by atoms with Crippen molar-refractivity contribution in [1.82, 2.24) is 44.5 Å². The molecular weight excluding hydrogens is 520 g/mol. The first-order valence-electron chi connectivity index (χ1n) is 14.1. The van der Waals surface area contributed by atoms with Crippen LogP contribution in [0.4, 0.5) is 5.69 Å². The maximum absolute atomic E-state index is 13.5. The minimum absolute atomic E-state index is 0.231. The first-order chi connectivity index (χ1) is 20.1. The van der Waals surface area contributed by atoms with Gasteiger partial charge in [-0.05, 0) is 60.7 Å². The summed E-state index contributed by atoms with van der Waals surface area (Å²) in [6.45, 7) is 7.48. The van der Waals surface area contributed by atoms with Gasteiger partial charge >= 0.3 is 0 Å². The molecule has 4 aromatic heterocycles. The predicted octanol–water partition coefficient (Wildman–Crippen LogP) is 3.47. The Labute approximate surface area is 236 Å². The lowest BCUT2D eigenvalue weighted by Crippen LogP contribution is -2.37. The van der Waals surface area contributed by atoms with Crippen LogP contribution in [0.15, 0.2) is 55.1 Å². The molecule has 1 aliphatic carbocycles. The lowest BCUT2D eigenvalue weighted by Gasteiger charge is -2.26. The van der Waals surface area contributed by atoms with Gasteiger partial charge in [-0.15, -0.1) is 10.2 Å². The van der Waals surface area contributed by atoms with Gasteiger partial charge in [-0.2, -0.15) is 15.0 Å². The fourth-order valence-corrected chi connectivity index (χ4v) is 5.14. The van der Waals surface area contributed by atoms with E-state index in [1.54, 1.807) is 15.5 Å². The van der Waals surface area contributed by atoms with E-state index in [0.717, 1.165) is 86.4 Å². The Morgan fingerprint density at radius 2 is 1.90 bits per heavy atom. The van der Waals surface area contributed by atoms with E-state index in [1.807, 2.05) is 54.3 Å². The second-order valence-corrected chi connectivity index (χ2v) is 10.8. The number of amides is 1. The summed E-state index contributed by atoms with van der Waals surface area (Å²) in [5.41, 5.74) is 5.65. The number of carbonyl (C=O) groups excluding carboxylic acids is 1. The second kappa shape index (κ2) is 10.9. The monoisotopic (exact) mass is 552 g/mol. The fraction of sp³-hybridized carbons (Fsp3) is 0.379. The number of pyridine rings is 1. The maximum atomic E-state index is 13.5. The highest BCUT2D eigenvalue weighted by molar-refractivity contribution is 6.09. The van der Waals surface area contributed by atoms with Gasteiger partial charge in [0.25, 0.3) is 5.91 Å². The summed E-state index contributed by atoms with van der Waals surface area (Å²) in [6, 6.07) is 10.1. The molecule has 1 saturated heterocycles. The zero-order valence-electron chi connectivity index (χ0n) is 23.0. The number of tetrazole rings is 1. The van der Waals surface area contributed by atoms with Crippen LogP contribution in [0, 0.1) is 6.92 Å². The van der Waals surface area contributed by atoms with Crippen LogP contribution < -0.4 is 5.32 Å². The summed E-state index contributed by atoms with van der Waals surface area (Å²) in [5, 5.41) is 24.9. The van der Waals surface area contributed by atoms with E-state index >= 15 is 0 Å². The van der Waals surface area contributed by atoms with Crippen LogP contribution in [-0.2, 0) is 11.3 Å². The highest BCUT2D eigenvalue weighted by Gasteiger charge is 2.26. The number of rotatable bonds is 9. The van der Waals surface area contributed by atoms with E-state index in [2.05, 4.69) is 42.0 Å². The number of carbonyl (C=O) groups is 1. The summed E-state index contributed by atoms with van der Waals surface area (Å²) in [6.07, 6.45) is 10.6. The standard InChI is InChI=1S/C29H32N10O2/c1-20-3-4-22(28-33-35-39(34-28)24-5-6-24)15-26(20)32-29(40)25-18-31-38-10-7-21(16-27(25)38)23-17-30-37(19-23)9-2-8-36-11-13-41-14-12-36/h3-4,7,10,15-19,24H,2,5-6,8-9,11-14H2,1H3,(H,32,40). The average Bonchev–Trinajstić information content (AvgIpc) is 3.36. The SMILES string of the molecule is Cc1ccc(-c2nnn(C3CC3)n2)cc1NC(=O)c1cnn2ccc(-c3cnn(CCCN4CCOCC4)c3)cc12. The summed E-state index contributed by atoms with van der Waals surface area (Å²) >= 11 is 0. The minimum Gasteiger partial charge on any atom is -0.379 e. The number of nitrogens with one attached hydrogen (secondary N) is 1. The molecule has 12 heteroatoms. The summed E-state index contributed by atoms with van der Waals surface area (Å²) in [5.74, 6) is 0.320. The Morgan fingerprint density at radius 3 is 2.76 bits per heavy atom. The molecule has 0 bridgehead atoms. The topological polar surface area (TPSA) is 120 Å². The van der Waals surface area contributed by atoms with Crippen LogP contribution in [-0.4, -0.2) is 83.3 Å². The molecular formula is C29H32N10O2. The van der Waals surface area contributed by atoms with E-state index in [4.69, 9.17) is 4.74 Å². The van der Waals surface area contributed by atoms with Crippen LogP contribution in [0.5, 0.6) is 0 Å². The third-order valence-corrected chi connectivity index (χ3v) is 7.74. The first-order valence-corrected chi connectivity index (χ1v) is 14.1. The van der Waals surface area contributed by atoms with Gasteiger partial charge < -0.3 is 10.1 Å². The average molecular weight is 553 g/mol. The van der Waals surface area contributed by atoms with Crippen molar-refractivity contribution < 1.29 is 9.53 Å². The van der Waals surface area contributed by atoms with E-state index < -0.39 is 0 Å². The van der Waals surface area contributed by atoms with Gasteiger partial charge in [-0.3, -0.25) is 14.4 Å². The van der Waals surface area contributed by atoms with Gasteiger partial charge in [0, 0.05) is 55.4 Å². The quantitative estimate of drug-likeness (QED) is 0.295. The molecule has 12 nitrogen and oxygen atoms in total. The molecule has 5 heterocycles. The highest BCUT2D eigenvalue weighted by atomic mass is 16.5. The number of hydrogen-bond donors (Lipinski definition) is 1. The molecule has 41 heavy (non-hydrogen) atoms. The normalized spacial score (nSPS) is 15.9. The molecule has 5 aromatic rings. The number of morpholine rings is 1. The van der Waals surface area contributed by atoms with Crippen LogP contribution in [0.2, 0.25) is 0 Å². The summed E-state index contributed by atoms with van der Waals surface area (Å²) < 4.78 is 9.13. The fourth-order valence-electron chi connectivity index (χ4n) is 5.14. The van der Waals surface area contributed by atoms with Gasteiger partial charge in [-0.1, -0.05) is 12.1 Å². The Bertz CT molecular complexity index is 1690. The number of hydrogen-bond acceptors (Lipinski definition) is 8. The predicted molar refractivity (Wildman–Crippen MR) is 153 cm³/mol. The van der Waals surface area contributed by atoms with Crippen molar-refractivity contribution >= 4 is 17.1 Å². The van der Waals surface area contributed by atoms with Crippen LogP contribution >= 0.6 is 0 Å². The molecule has 1 saturated carbocycles. The van der Waals surface area contributed by atoms with Gasteiger partial charge in [0.15, 0.2) is 0 Å². The molecule has 1 amide bonds. The molecule has 1 N–H and O–H groups in total. The van der Waals surface area contributed by atoms with E-state index in [1.165, 1.54) is 0 Å². The van der Waals surface area contributed by atoms with Crippen LogP contribution in [0.25, 0.3) is 28.0 Å². The van der Waals surface area contributed by atoms with Crippen molar-refractivity contribution in [3.05, 3.63) is 66.2 Å². The summed E-state index contributed by atoms with van der Waals surface area (Å²) in [7, 11) is 0. The van der Waals surface area contributed by atoms with Gasteiger partial charge in [-0.25, -0.2) is 4.52 Å². The number of aromatic nitrogens is 8. The van der Waals surface area contributed by atoms with Crippen molar-refractivity contribution in [2.45, 2.75) is 38.8 Å². The van der Waals surface area contributed by atoms with Crippen molar-refractivity contribution in [3.63, 3.8) is 0 Å². The molecule has 1 aliphatic heterocycles.